The maximum atomic E-state index is 13.7. The zero-order chi connectivity index (χ0) is 10.8. The molecule has 0 unspecified atom stereocenters. The summed E-state index contributed by atoms with van der Waals surface area (Å²) >= 11 is 0. The molecule has 0 heterocycles. The van der Waals surface area contributed by atoms with Gasteiger partial charge < -0.3 is 9.84 Å². The highest BCUT2D eigenvalue weighted by Gasteiger charge is 2.27. The number of aliphatic carboxylic acids is 1. The second-order valence-corrected chi connectivity index (χ2v) is 3.62. The predicted molar refractivity (Wildman–Crippen MR) is 51.5 cm³/mol. The SMILES string of the molecule is O=C(O)COc1cccc(C2CC2)c1F. The number of hydrogen-bond acceptors (Lipinski definition) is 2. The zero-order valence-corrected chi connectivity index (χ0v) is 8.07. The van der Waals surface area contributed by atoms with Gasteiger partial charge in [0.15, 0.2) is 18.2 Å². The minimum absolute atomic E-state index is 0.0294. The molecular formula is C11H11FO3. The van der Waals surface area contributed by atoms with Gasteiger partial charge in [0.05, 0.1) is 0 Å². The van der Waals surface area contributed by atoms with Crippen LogP contribution < -0.4 is 4.74 Å². The molecule has 0 bridgehead atoms. The van der Waals surface area contributed by atoms with Crippen LogP contribution in [0.5, 0.6) is 5.75 Å². The van der Waals surface area contributed by atoms with Crippen molar-refractivity contribution in [2.45, 2.75) is 18.8 Å². The average Bonchev–Trinajstić information content (AvgIpc) is 2.99. The van der Waals surface area contributed by atoms with Crippen LogP contribution in [-0.4, -0.2) is 17.7 Å². The van der Waals surface area contributed by atoms with Crippen LogP contribution in [0.15, 0.2) is 18.2 Å². The van der Waals surface area contributed by atoms with Gasteiger partial charge in [0, 0.05) is 0 Å². The summed E-state index contributed by atoms with van der Waals surface area (Å²) in [5.74, 6) is -1.20. The first-order valence-corrected chi connectivity index (χ1v) is 4.81. The van der Waals surface area contributed by atoms with Crippen molar-refractivity contribution in [3.8, 4) is 5.75 Å². The van der Waals surface area contributed by atoms with Crippen LogP contribution in [0.2, 0.25) is 0 Å². The van der Waals surface area contributed by atoms with E-state index < -0.39 is 18.4 Å². The van der Waals surface area contributed by atoms with Gasteiger partial charge in [-0.2, -0.15) is 0 Å². The number of carboxylic acids is 1. The van der Waals surface area contributed by atoms with E-state index in [1.807, 2.05) is 0 Å². The molecule has 0 radical (unpaired) electrons. The van der Waals surface area contributed by atoms with Crippen molar-refractivity contribution in [1.82, 2.24) is 0 Å². The van der Waals surface area contributed by atoms with Gasteiger partial charge in [0.25, 0.3) is 0 Å². The Morgan fingerprint density at radius 3 is 2.87 bits per heavy atom. The van der Waals surface area contributed by atoms with Gasteiger partial charge in [-0.1, -0.05) is 12.1 Å². The van der Waals surface area contributed by atoms with Gasteiger partial charge in [-0.05, 0) is 30.4 Å². The summed E-state index contributed by atoms with van der Waals surface area (Å²) < 4.78 is 18.5. The van der Waals surface area contributed by atoms with Crippen LogP contribution in [0.4, 0.5) is 4.39 Å². The van der Waals surface area contributed by atoms with Crippen LogP contribution in [0.3, 0.4) is 0 Å². The van der Waals surface area contributed by atoms with E-state index in [1.165, 1.54) is 6.07 Å². The van der Waals surface area contributed by atoms with Crippen LogP contribution in [-0.2, 0) is 4.79 Å². The van der Waals surface area contributed by atoms with Crippen LogP contribution in [0.1, 0.15) is 24.3 Å². The molecule has 0 aromatic heterocycles. The molecule has 0 aliphatic heterocycles. The summed E-state index contributed by atoms with van der Waals surface area (Å²) in [4.78, 5) is 10.3. The maximum Gasteiger partial charge on any atom is 0.341 e. The second-order valence-electron chi connectivity index (χ2n) is 3.62. The molecule has 1 aliphatic carbocycles. The van der Waals surface area contributed by atoms with Crippen molar-refractivity contribution in [2.24, 2.45) is 0 Å². The number of carbonyl (C=O) groups is 1. The third-order valence-corrected chi connectivity index (χ3v) is 2.36. The molecule has 0 amide bonds. The van der Waals surface area contributed by atoms with Gasteiger partial charge in [-0.3, -0.25) is 0 Å². The Balaban J connectivity index is 2.16. The summed E-state index contributed by atoms with van der Waals surface area (Å²) in [6, 6.07) is 4.86. The molecule has 1 aromatic carbocycles. The lowest BCUT2D eigenvalue weighted by Gasteiger charge is -2.07. The van der Waals surface area contributed by atoms with Crippen molar-refractivity contribution in [3.05, 3.63) is 29.6 Å². The number of hydrogen-bond donors (Lipinski definition) is 1. The summed E-state index contributed by atoms with van der Waals surface area (Å²) in [5.41, 5.74) is 0.637. The number of ether oxygens (including phenoxy) is 1. The normalized spacial score (nSPS) is 15.0. The molecule has 1 aliphatic rings. The first-order chi connectivity index (χ1) is 7.18. The Morgan fingerprint density at radius 2 is 2.27 bits per heavy atom. The molecular weight excluding hydrogens is 199 g/mol. The molecule has 1 N–H and O–H groups in total. The standard InChI is InChI=1S/C11H11FO3/c12-11-8(7-4-5-7)2-1-3-9(11)15-6-10(13)14/h1-3,7H,4-6H2,(H,13,14). The highest BCUT2D eigenvalue weighted by molar-refractivity contribution is 5.68. The molecule has 1 fully saturated rings. The first kappa shape index (κ1) is 9.96. The van der Waals surface area contributed by atoms with E-state index in [1.54, 1.807) is 12.1 Å². The van der Waals surface area contributed by atoms with Gasteiger partial charge in [0.2, 0.25) is 0 Å². The van der Waals surface area contributed by atoms with E-state index in [9.17, 15) is 9.18 Å². The highest BCUT2D eigenvalue weighted by atomic mass is 19.1. The third-order valence-electron chi connectivity index (χ3n) is 2.36. The summed E-state index contributed by atoms with van der Waals surface area (Å²) in [6.45, 7) is -0.509. The van der Waals surface area contributed by atoms with Gasteiger partial charge in [0.1, 0.15) is 0 Å². The number of halogens is 1. The molecule has 0 spiro atoms. The van der Waals surface area contributed by atoms with Crippen molar-refractivity contribution in [2.75, 3.05) is 6.61 Å². The average molecular weight is 210 g/mol. The topological polar surface area (TPSA) is 46.5 Å². The predicted octanol–water partition coefficient (Wildman–Crippen LogP) is 2.17. The number of benzene rings is 1. The molecule has 1 saturated carbocycles. The van der Waals surface area contributed by atoms with E-state index in [0.717, 1.165) is 12.8 Å². The van der Waals surface area contributed by atoms with Crippen molar-refractivity contribution < 1.29 is 19.0 Å². The Morgan fingerprint density at radius 1 is 1.53 bits per heavy atom. The molecule has 4 heteroatoms. The monoisotopic (exact) mass is 210 g/mol. The lowest BCUT2D eigenvalue weighted by Crippen LogP contribution is -2.10. The maximum absolute atomic E-state index is 13.7. The fraction of sp³-hybridized carbons (Fsp3) is 0.364. The van der Waals surface area contributed by atoms with Crippen molar-refractivity contribution in [3.63, 3.8) is 0 Å². The lowest BCUT2D eigenvalue weighted by atomic mass is 10.1. The molecule has 0 atom stereocenters. The Hall–Kier alpha value is -1.58. The fourth-order valence-corrected chi connectivity index (χ4v) is 1.49. The van der Waals surface area contributed by atoms with Crippen LogP contribution in [0, 0.1) is 5.82 Å². The fourth-order valence-electron chi connectivity index (χ4n) is 1.49. The summed E-state index contributed by atoms with van der Waals surface area (Å²) in [5, 5.41) is 8.41. The molecule has 1 aromatic rings. The van der Waals surface area contributed by atoms with Crippen LogP contribution >= 0.6 is 0 Å². The quantitative estimate of drug-likeness (QED) is 0.828. The van der Waals surface area contributed by atoms with E-state index in [-0.39, 0.29) is 5.75 Å². The molecule has 15 heavy (non-hydrogen) atoms. The van der Waals surface area contributed by atoms with E-state index in [2.05, 4.69) is 0 Å². The minimum atomic E-state index is -1.11. The van der Waals surface area contributed by atoms with Crippen molar-refractivity contribution >= 4 is 5.97 Å². The van der Waals surface area contributed by atoms with E-state index in [4.69, 9.17) is 9.84 Å². The highest BCUT2D eigenvalue weighted by Crippen LogP contribution is 2.42. The van der Waals surface area contributed by atoms with Crippen LogP contribution in [0.25, 0.3) is 0 Å². The number of rotatable bonds is 4. The minimum Gasteiger partial charge on any atom is -0.479 e. The zero-order valence-electron chi connectivity index (χ0n) is 8.07. The Kier molecular flexibility index (Phi) is 2.58. The second kappa shape index (κ2) is 3.88. The first-order valence-electron chi connectivity index (χ1n) is 4.81. The third kappa shape index (κ3) is 2.26. The van der Waals surface area contributed by atoms with Gasteiger partial charge in [-0.25, -0.2) is 9.18 Å². The molecule has 0 saturated heterocycles. The van der Waals surface area contributed by atoms with E-state index in [0.29, 0.717) is 11.5 Å². The lowest BCUT2D eigenvalue weighted by molar-refractivity contribution is -0.139. The summed E-state index contributed by atoms with van der Waals surface area (Å²) in [7, 11) is 0. The molecule has 3 nitrogen and oxygen atoms in total. The number of carboxylic acid groups (broad SMARTS) is 1. The smallest absolute Gasteiger partial charge is 0.341 e. The van der Waals surface area contributed by atoms with Gasteiger partial charge in [-0.15, -0.1) is 0 Å². The summed E-state index contributed by atoms with van der Waals surface area (Å²) in [6.07, 6.45) is 2.00. The van der Waals surface area contributed by atoms with Crippen molar-refractivity contribution in [1.29, 1.82) is 0 Å². The van der Waals surface area contributed by atoms with Gasteiger partial charge >= 0.3 is 5.97 Å². The largest absolute Gasteiger partial charge is 0.479 e. The molecule has 2 rings (SSSR count). The Labute approximate surface area is 86.5 Å². The Bertz CT molecular complexity index is 385. The molecule has 80 valence electrons. The van der Waals surface area contributed by atoms with E-state index >= 15 is 0 Å².